The summed E-state index contributed by atoms with van der Waals surface area (Å²) in [5.74, 6) is 0.873. The lowest BCUT2D eigenvalue weighted by Crippen LogP contribution is -2.33. The first kappa shape index (κ1) is 21.8. The van der Waals surface area contributed by atoms with Crippen LogP contribution < -0.4 is 19.7 Å². The SMILES string of the molecule is COc1ccc(/C=C/C(=O)NCc2ccccn2)cc1/C=C1\Oc2ccccc2N(C)C1=O. The summed E-state index contributed by atoms with van der Waals surface area (Å²) >= 11 is 0. The number of nitrogens with one attached hydrogen (secondary N) is 1. The highest BCUT2D eigenvalue weighted by Gasteiger charge is 2.27. The minimum Gasteiger partial charge on any atom is -0.496 e. The molecule has 0 radical (unpaired) electrons. The smallest absolute Gasteiger partial charge is 0.293 e. The molecule has 1 aliphatic heterocycles. The Kier molecular flexibility index (Phi) is 6.50. The highest BCUT2D eigenvalue weighted by molar-refractivity contribution is 6.09. The van der Waals surface area contributed by atoms with Crippen LogP contribution in [0.2, 0.25) is 0 Å². The maximum Gasteiger partial charge on any atom is 0.293 e. The van der Waals surface area contributed by atoms with Crippen LogP contribution in [0, 0.1) is 0 Å². The van der Waals surface area contributed by atoms with E-state index in [9.17, 15) is 9.59 Å². The van der Waals surface area contributed by atoms with Gasteiger partial charge in [0.05, 0.1) is 25.0 Å². The number of fused-ring (bicyclic) bond motifs is 1. The molecular formula is C26H23N3O4. The number of carbonyl (C=O) groups excluding carboxylic acids is 2. The van der Waals surface area contributed by atoms with Gasteiger partial charge >= 0.3 is 0 Å². The number of anilines is 1. The van der Waals surface area contributed by atoms with Crippen molar-refractivity contribution in [3.63, 3.8) is 0 Å². The van der Waals surface area contributed by atoms with Crippen LogP contribution in [-0.4, -0.2) is 31.0 Å². The third kappa shape index (κ3) is 5.10. The molecule has 0 fully saturated rings. The number of rotatable bonds is 6. The van der Waals surface area contributed by atoms with E-state index in [1.807, 2.05) is 54.6 Å². The van der Waals surface area contributed by atoms with Crippen LogP contribution in [0.4, 0.5) is 5.69 Å². The molecule has 33 heavy (non-hydrogen) atoms. The predicted octanol–water partition coefficient (Wildman–Crippen LogP) is 3.82. The third-order valence-corrected chi connectivity index (χ3v) is 5.10. The molecule has 0 bridgehead atoms. The Morgan fingerprint density at radius 2 is 1.97 bits per heavy atom. The zero-order chi connectivity index (χ0) is 23.2. The fourth-order valence-electron chi connectivity index (χ4n) is 3.37. The number of para-hydroxylation sites is 2. The Labute approximate surface area is 192 Å². The largest absolute Gasteiger partial charge is 0.496 e. The molecule has 0 saturated carbocycles. The van der Waals surface area contributed by atoms with E-state index < -0.39 is 0 Å². The van der Waals surface area contributed by atoms with Crippen molar-refractivity contribution < 1.29 is 19.1 Å². The number of likely N-dealkylation sites (N-methyl/N-ethyl adjacent to an activating group) is 1. The molecule has 7 nitrogen and oxygen atoms in total. The number of ether oxygens (including phenoxy) is 2. The maximum atomic E-state index is 12.8. The molecule has 1 aliphatic rings. The monoisotopic (exact) mass is 441 g/mol. The Morgan fingerprint density at radius 1 is 1.15 bits per heavy atom. The summed E-state index contributed by atoms with van der Waals surface area (Å²) in [7, 11) is 3.26. The van der Waals surface area contributed by atoms with Crippen LogP contribution in [0.3, 0.4) is 0 Å². The van der Waals surface area contributed by atoms with Crippen LogP contribution in [0.25, 0.3) is 12.2 Å². The zero-order valence-electron chi connectivity index (χ0n) is 18.3. The molecule has 1 aromatic heterocycles. The van der Waals surface area contributed by atoms with Crippen molar-refractivity contribution in [2.24, 2.45) is 0 Å². The summed E-state index contributed by atoms with van der Waals surface area (Å²) in [5.41, 5.74) is 2.92. The van der Waals surface area contributed by atoms with Gasteiger partial charge in [-0.15, -0.1) is 0 Å². The van der Waals surface area contributed by atoms with E-state index in [4.69, 9.17) is 9.47 Å². The van der Waals surface area contributed by atoms with E-state index in [0.717, 1.165) is 11.3 Å². The van der Waals surface area contributed by atoms with Gasteiger partial charge in [-0.05, 0) is 54.1 Å². The minimum atomic E-state index is -0.259. The van der Waals surface area contributed by atoms with Gasteiger partial charge in [-0.3, -0.25) is 14.6 Å². The van der Waals surface area contributed by atoms with Gasteiger partial charge in [-0.2, -0.15) is 0 Å². The highest BCUT2D eigenvalue weighted by Crippen LogP contribution is 2.35. The van der Waals surface area contributed by atoms with Crippen molar-refractivity contribution in [2.75, 3.05) is 19.1 Å². The number of amides is 2. The average Bonchev–Trinajstić information content (AvgIpc) is 2.85. The molecule has 0 unspecified atom stereocenters. The molecule has 1 N–H and O–H groups in total. The first-order chi connectivity index (χ1) is 16.0. The Morgan fingerprint density at radius 3 is 2.76 bits per heavy atom. The molecule has 7 heteroatoms. The van der Waals surface area contributed by atoms with Crippen LogP contribution in [-0.2, 0) is 16.1 Å². The second kappa shape index (κ2) is 9.82. The molecule has 0 aliphatic carbocycles. The first-order valence-corrected chi connectivity index (χ1v) is 10.4. The summed E-state index contributed by atoms with van der Waals surface area (Å²) in [6.07, 6.45) is 6.47. The van der Waals surface area contributed by atoms with Crippen molar-refractivity contribution in [3.8, 4) is 11.5 Å². The van der Waals surface area contributed by atoms with E-state index in [2.05, 4.69) is 10.3 Å². The van der Waals surface area contributed by atoms with Gasteiger partial charge in [0.2, 0.25) is 5.91 Å². The fourth-order valence-corrected chi connectivity index (χ4v) is 3.37. The van der Waals surface area contributed by atoms with Crippen LogP contribution in [0.1, 0.15) is 16.8 Å². The summed E-state index contributed by atoms with van der Waals surface area (Å²) in [6.45, 7) is 0.346. The molecule has 0 saturated heterocycles. The van der Waals surface area contributed by atoms with Crippen molar-refractivity contribution in [2.45, 2.75) is 6.54 Å². The fraction of sp³-hybridized carbons (Fsp3) is 0.115. The summed E-state index contributed by atoms with van der Waals surface area (Å²) in [4.78, 5) is 30.7. The number of benzene rings is 2. The second-order valence-corrected chi connectivity index (χ2v) is 7.32. The lowest BCUT2D eigenvalue weighted by Gasteiger charge is -2.27. The molecule has 2 amide bonds. The molecule has 4 rings (SSSR count). The second-order valence-electron chi connectivity index (χ2n) is 7.32. The number of nitrogens with zero attached hydrogens (tertiary/aromatic N) is 2. The van der Waals surface area contributed by atoms with E-state index in [-0.39, 0.29) is 17.6 Å². The average molecular weight is 441 g/mol. The molecule has 0 atom stereocenters. The molecule has 0 spiro atoms. The van der Waals surface area contributed by atoms with E-state index in [0.29, 0.717) is 29.3 Å². The van der Waals surface area contributed by atoms with Crippen molar-refractivity contribution in [3.05, 3.63) is 95.5 Å². The third-order valence-electron chi connectivity index (χ3n) is 5.10. The number of hydrogen-bond donors (Lipinski definition) is 1. The molecule has 2 aromatic carbocycles. The summed E-state index contributed by atoms with van der Waals surface area (Å²) < 4.78 is 11.3. The van der Waals surface area contributed by atoms with Crippen LogP contribution >= 0.6 is 0 Å². The van der Waals surface area contributed by atoms with Gasteiger partial charge in [-0.25, -0.2) is 0 Å². The number of hydrogen-bond acceptors (Lipinski definition) is 5. The maximum absolute atomic E-state index is 12.8. The Bertz CT molecular complexity index is 1240. The molecule has 166 valence electrons. The van der Waals surface area contributed by atoms with Gasteiger partial charge < -0.3 is 19.7 Å². The van der Waals surface area contributed by atoms with E-state index in [1.54, 1.807) is 43.5 Å². The standard InChI is InChI=1S/C26H23N3O4/c1-29-21-8-3-4-9-23(21)33-24(26(29)31)16-19-15-18(10-12-22(19)32-2)11-13-25(30)28-17-20-7-5-6-14-27-20/h3-16H,17H2,1-2H3,(H,28,30)/b13-11+,24-16-. The summed E-state index contributed by atoms with van der Waals surface area (Å²) in [5, 5.41) is 2.80. The van der Waals surface area contributed by atoms with Gasteiger partial charge in [0.1, 0.15) is 5.75 Å². The van der Waals surface area contributed by atoms with Gasteiger partial charge in [0.15, 0.2) is 11.5 Å². The highest BCUT2D eigenvalue weighted by atomic mass is 16.5. The van der Waals surface area contributed by atoms with E-state index in [1.165, 1.54) is 6.08 Å². The quantitative estimate of drug-likeness (QED) is 0.589. The minimum absolute atomic E-state index is 0.184. The van der Waals surface area contributed by atoms with Gasteiger partial charge in [0.25, 0.3) is 5.91 Å². The Balaban J connectivity index is 1.53. The van der Waals surface area contributed by atoms with Crippen LogP contribution in [0.5, 0.6) is 11.5 Å². The number of pyridine rings is 1. The lowest BCUT2D eigenvalue weighted by molar-refractivity contribution is -0.117. The number of carbonyl (C=O) groups is 2. The zero-order valence-corrected chi connectivity index (χ0v) is 18.3. The lowest BCUT2D eigenvalue weighted by atomic mass is 10.1. The van der Waals surface area contributed by atoms with Gasteiger partial charge in [0, 0.05) is 24.9 Å². The van der Waals surface area contributed by atoms with Gasteiger partial charge in [-0.1, -0.05) is 24.3 Å². The topological polar surface area (TPSA) is 80.8 Å². The van der Waals surface area contributed by atoms with E-state index >= 15 is 0 Å². The summed E-state index contributed by atoms with van der Waals surface area (Å²) in [6, 6.07) is 18.3. The molecular weight excluding hydrogens is 418 g/mol. The normalized spacial score (nSPS) is 14.2. The predicted molar refractivity (Wildman–Crippen MR) is 127 cm³/mol. The molecule has 3 aromatic rings. The number of aromatic nitrogens is 1. The van der Waals surface area contributed by atoms with Crippen molar-refractivity contribution in [1.29, 1.82) is 0 Å². The first-order valence-electron chi connectivity index (χ1n) is 10.4. The van der Waals surface area contributed by atoms with Crippen molar-refractivity contribution in [1.82, 2.24) is 10.3 Å². The molecule has 2 heterocycles. The van der Waals surface area contributed by atoms with Crippen LogP contribution in [0.15, 0.2) is 78.7 Å². The Hall–Kier alpha value is -4.39. The number of methoxy groups -OCH3 is 1. The van der Waals surface area contributed by atoms with Crippen molar-refractivity contribution >= 4 is 29.7 Å².